The van der Waals surface area contributed by atoms with Gasteiger partial charge in [-0.15, -0.1) is 11.3 Å². The molecular formula is C15H18N4O2S2. The number of nitriles is 1. The summed E-state index contributed by atoms with van der Waals surface area (Å²) in [6, 6.07) is 3.86. The Morgan fingerprint density at radius 2 is 2.30 bits per heavy atom. The third-order valence-electron chi connectivity index (χ3n) is 3.40. The summed E-state index contributed by atoms with van der Waals surface area (Å²) >= 11 is 2.65. The first-order chi connectivity index (χ1) is 11.1. The van der Waals surface area contributed by atoms with Crippen LogP contribution in [0, 0.1) is 11.3 Å². The minimum atomic E-state index is -0.0562. The molecule has 0 atom stereocenters. The number of hydrogen-bond donors (Lipinski definition) is 0. The molecule has 8 heteroatoms. The van der Waals surface area contributed by atoms with Crippen molar-refractivity contribution < 1.29 is 4.79 Å². The number of thiophene rings is 1. The third kappa shape index (κ3) is 3.92. The first-order valence-electron chi connectivity index (χ1n) is 7.37. The van der Waals surface area contributed by atoms with E-state index in [1.807, 2.05) is 31.4 Å². The van der Waals surface area contributed by atoms with Gasteiger partial charge in [0.2, 0.25) is 5.91 Å². The Bertz CT molecular complexity index is 791. The van der Waals surface area contributed by atoms with E-state index in [2.05, 4.69) is 4.98 Å². The van der Waals surface area contributed by atoms with Gasteiger partial charge in [-0.05, 0) is 25.3 Å². The highest BCUT2D eigenvalue weighted by atomic mass is 32.2. The van der Waals surface area contributed by atoms with E-state index in [0.29, 0.717) is 41.4 Å². The lowest BCUT2D eigenvalue weighted by Crippen LogP contribution is -2.33. The molecule has 6 nitrogen and oxygen atoms in total. The van der Waals surface area contributed by atoms with Gasteiger partial charge in [0, 0.05) is 19.6 Å². The standard InChI is InChI=1S/C15H18N4O2S2/c1-3-18(8-5-7-16)12(20)10-23-15-17-11-6-9-22-13(11)14(21)19(15)4-2/h6,9H,3-5,8,10H2,1-2H3. The van der Waals surface area contributed by atoms with Gasteiger partial charge in [-0.3, -0.25) is 14.2 Å². The van der Waals surface area contributed by atoms with Gasteiger partial charge in [0.1, 0.15) is 4.70 Å². The lowest BCUT2D eigenvalue weighted by atomic mass is 10.4. The number of fused-ring (bicyclic) bond motifs is 1. The molecule has 0 aromatic carbocycles. The minimum absolute atomic E-state index is 0.0462. The van der Waals surface area contributed by atoms with Gasteiger partial charge in [0.25, 0.3) is 5.56 Å². The molecule has 0 saturated carbocycles. The number of aromatic nitrogens is 2. The lowest BCUT2D eigenvalue weighted by Gasteiger charge is -2.19. The SMILES string of the molecule is CCN(CCC#N)C(=O)CSc1nc2ccsc2c(=O)n1CC. The smallest absolute Gasteiger partial charge is 0.272 e. The van der Waals surface area contributed by atoms with Crippen LogP contribution in [0.15, 0.2) is 21.4 Å². The molecule has 2 aromatic heterocycles. The van der Waals surface area contributed by atoms with E-state index in [1.165, 1.54) is 23.1 Å². The third-order valence-corrected chi connectivity index (χ3v) is 5.25. The molecular weight excluding hydrogens is 332 g/mol. The van der Waals surface area contributed by atoms with E-state index in [4.69, 9.17) is 5.26 Å². The minimum Gasteiger partial charge on any atom is -0.341 e. The zero-order chi connectivity index (χ0) is 16.8. The quantitative estimate of drug-likeness (QED) is 0.566. The van der Waals surface area contributed by atoms with Gasteiger partial charge in [-0.25, -0.2) is 4.98 Å². The van der Waals surface area contributed by atoms with E-state index < -0.39 is 0 Å². The maximum Gasteiger partial charge on any atom is 0.272 e. The van der Waals surface area contributed by atoms with Crippen molar-refractivity contribution in [2.45, 2.75) is 32.0 Å². The number of thioether (sulfide) groups is 1. The van der Waals surface area contributed by atoms with Crippen molar-refractivity contribution in [3.05, 3.63) is 21.8 Å². The van der Waals surface area contributed by atoms with Gasteiger partial charge >= 0.3 is 0 Å². The van der Waals surface area contributed by atoms with Crippen molar-refractivity contribution in [1.29, 1.82) is 5.26 Å². The van der Waals surface area contributed by atoms with Gasteiger partial charge in [0.05, 0.1) is 23.8 Å². The van der Waals surface area contributed by atoms with E-state index in [1.54, 1.807) is 9.47 Å². The van der Waals surface area contributed by atoms with Gasteiger partial charge in [-0.1, -0.05) is 11.8 Å². The highest BCUT2D eigenvalue weighted by Crippen LogP contribution is 2.21. The van der Waals surface area contributed by atoms with Crippen molar-refractivity contribution in [3.63, 3.8) is 0 Å². The Morgan fingerprint density at radius 1 is 1.52 bits per heavy atom. The molecule has 0 saturated heterocycles. The van der Waals surface area contributed by atoms with Crippen molar-refractivity contribution in [1.82, 2.24) is 14.5 Å². The summed E-state index contributed by atoms with van der Waals surface area (Å²) in [7, 11) is 0. The zero-order valence-electron chi connectivity index (χ0n) is 13.1. The van der Waals surface area contributed by atoms with Crippen molar-refractivity contribution in [2.75, 3.05) is 18.8 Å². The molecule has 0 N–H and O–H groups in total. The van der Waals surface area contributed by atoms with Gasteiger partial charge in [0.15, 0.2) is 5.16 Å². The number of carbonyl (C=O) groups excluding carboxylic acids is 1. The molecule has 0 aliphatic rings. The summed E-state index contributed by atoms with van der Waals surface area (Å²) in [6.07, 6.45) is 0.322. The van der Waals surface area contributed by atoms with Crippen molar-refractivity contribution in [3.8, 4) is 6.07 Å². The van der Waals surface area contributed by atoms with Crippen LogP contribution in [-0.2, 0) is 11.3 Å². The second kappa shape index (κ2) is 8.13. The highest BCUT2D eigenvalue weighted by molar-refractivity contribution is 7.99. The number of rotatable bonds is 7. The molecule has 0 aliphatic heterocycles. The monoisotopic (exact) mass is 350 g/mol. The maximum atomic E-state index is 12.4. The fourth-order valence-corrected chi connectivity index (χ4v) is 3.92. The van der Waals surface area contributed by atoms with Crippen LogP contribution in [0.4, 0.5) is 0 Å². The zero-order valence-corrected chi connectivity index (χ0v) is 14.7. The molecule has 122 valence electrons. The average Bonchev–Trinajstić information content (AvgIpc) is 3.02. The summed E-state index contributed by atoms with van der Waals surface area (Å²) < 4.78 is 2.24. The van der Waals surface area contributed by atoms with Crippen LogP contribution in [0.1, 0.15) is 20.3 Å². The summed E-state index contributed by atoms with van der Waals surface area (Å²) in [5, 5.41) is 11.0. The van der Waals surface area contributed by atoms with Gasteiger partial charge < -0.3 is 4.90 Å². The lowest BCUT2D eigenvalue weighted by molar-refractivity contribution is -0.128. The van der Waals surface area contributed by atoms with Crippen molar-refractivity contribution in [2.24, 2.45) is 0 Å². The molecule has 2 rings (SSSR count). The highest BCUT2D eigenvalue weighted by Gasteiger charge is 2.16. The number of nitrogens with zero attached hydrogens (tertiary/aromatic N) is 4. The molecule has 2 aromatic rings. The summed E-state index contributed by atoms with van der Waals surface area (Å²) in [5.74, 6) is 0.163. The summed E-state index contributed by atoms with van der Waals surface area (Å²) in [4.78, 5) is 30.8. The van der Waals surface area contributed by atoms with Crippen LogP contribution in [0.2, 0.25) is 0 Å². The first kappa shape index (κ1) is 17.5. The van der Waals surface area contributed by atoms with Crippen LogP contribution in [0.3, 0.4) is 0 Å². The molecule has 0 unspecified atom stereocenters. The maximum absolute atomic E-state index is 12.4. The van der Waals surface area contributed by atoms with Crippen LogP contribution in [-0.4, -0.2) is 39.2 Å². The molecule has 0 aliphatic carbocycles. The molecule has 1 amide bonds. The Morgan fingerprint density at radius 3 is 2.96 bits per heavy atom. The molecule has 0 radical (unpaired) electrons. The number of amides is 1. The van der Waals surface area contributed by atoms with Crippen LogP contribution >= 0.6 is 23.1 Å². The fourth-order valence-electron chi connectivity index (χ4n) is 2.17. The fraction of sp³-hybridized carbons (Fsp3) is 0.467. The van der Waals surface area contributed by atoms with E-state index >= 15 is 0 Å². The summed E-state index contributed by atoms with van der Waals surface area (Å²) in [5.41, 5.74) is 0.621. The number of hydrogen-bond acceptors (Lipinski definition) is 6. The Kier molecular flexibility index (Phi) is 6.19. The first-order valence-corrected chi connectivity index (χ1v) is 9.24. The largest absolute Gasteiger partial charge is 0.341 e. The van der Waals surface area contributed by atoms with Crippen LogP contribution in [0.25, 0.3) is 10.2 Å². The average molecular weight is 350 g/mol. The van der Waals surface area contributed by atoms with E-state index in [0.717, 1.165) is 0 Å². The molecule has 0 fully saturated rings. The molecule has 2 heterocycles. The second-order valence-electron chi connectivity index (χ2n) is 4.75. The predicted molar refractivity (Wildman–Crippen MR) is 92.8 cm³/mol. The van der Waals surface area contributed by atoms with Gasteiger partial charge in [-0.2, -0.15) is 5.26 Å². The van der Waals surface area contributed by atoms with Crippen LogP contribution < -0.4 is 5.56 Å². The molecule has 0 spiro atoms. The van der Waals surface area contributed by atoms with E-state index in [-0.39, 0.29) is 17.2 Å². The second-order valence-corrected chi connectivity index (χ2v) is 6.61. The van der Waals surface area contributed by atoms with Crippen LogP contribution in [0.5, 0.6) is 0 Å². The predicted octanol–water partition coefficient (Wildman–Crippen LogP) is 2.33. The Balaban J connectivity index is 2.17. The topological polar surface area (TPSA) is 79.0 Å². The Hall–Kier alpha value is -1.85. The normalized spacial score (nSPS) is 10.7. The molecule has 0 bridgehead atoms. The van der Waals surface area contributed by atoms with Crippen molar-refractivity contribution >= 4 is 39.2 Å². The molecule has 23 heavy (non-hydrogen) atoms. The summed E-state index contributed by atoms with van der Waals surface area (Å²) in [6.45, 7) is 5.29. The number of carbonyl (C=O) groups is 1. The Labute approximate surface area is 142 Å². The van der Waals surface area contributed by atoms with E-state index in [9.17, 15) is 9.59 Å².